The fraction of sp³-hybridized carbons (Fsp3) is 0.250. The van der Waals surface area contributed by atoms with Gasteiger partial charge in [-0.1, -0.05) is 0 Å². The number of non-ortho nitro benzene ring substituents is 1. The summed E-state index contributed by atoms with van der Waals surface area (Å²) >= 11 is 3.21. The summed E-state index contributed by atoms with van der Waals surface area (Å²) in [7, 11) is 0. The molecule has 0 aromatic heterocycles. The van der Waals surface area contributed by atoms with Crippen LogP contribution in [0.25, 0.3) is 4.91 Å². The predicted molar refractivity (Wildman–Crippen MR) is 75.2 cm³/mol. The number of hydrogen-bond acceptors (Lipinski definition) is 5. The average molecular weight is 278 g/mol. The number of allylic oxidation sites excluding steroid dienone is 1. The summed E-state index contributed by atoms with van der Waals surface area (Å²) in [5.41, 5.74) is 0.959. The fourth-order valence-corrected chi connectivity index (χ4v) is 3.89. The van der Waals surface area contributed by atoms with Gasteiger partial charge < -0.3 is 0 Å². The first-order valence-electron chi connectivity index (χ1n) is 5.37. The largest absolute Gasteiger partial charge is 0.269 e. The van der Waals surface area contributed by atoms with Crippen LogP contribution in [0.1, 0.15) is 12.0 Å². The molecule has 6 heteroatoms. The third-order valence-electron chi connectivity index (χ3n) is 2.43. The Labute approximate surface area is 113 Å². The topological polar surface area (TPSA) is 66.9 Å². The molecule has 0 amide bonds. The van der Waals surface area contributed by atoms with Crippen LogP contribution in [-0.2, 0) is 0 Å². The van der Waals surface area contributed by atoms with Crippen molar-refractivity contribution in [3.8, 4) is 6.07 Å². The highest BCUT2D eigenvalue weighted by molar-refractivity contribution is 8.11. The summed E-state index contributed by atoms with van der Waals surface area (Å²) < 4.78 is 0. The standard InChI is InChI=1S/C12H10N2O2S2/c13-8-11-12(18-7-1-6-17-11)9-2-4-10(5-3-9)14(15)16/h2-5H,1,6-7H2. The highest BCUT2D eigenvalue weighted by atomic mass is 32.2. The Morgan fingerprint density at radius 2 is 1.89 bits per heavy atom. The number of rotatable bonds is 2. The Morgan fingerprint density at radius 3 is 2.50 bits per heavy atom. The van der Waals surface area contributed by atoms with Gasteiger partial charge in [0.1, 0.15) is 6.07 Å². The van der Waals surface area contributed by atoms with Crippen LogP contribution in [0.2, 0.25) is 0 Å². The fourth-order valence-electron chi connectivity index (χ4n) is 1.57. The summed E-state index contributed by atoms with van der Waals surface area (Å²) in [6, 6.07) is 8.60. The molecule has 0 saturated heterocycles. The quantitative estimate of drug-likeness (QED) is 0.610. The molecule has 0 atom stereocenters. The van der Waals surface area contributed by atoms with Crippen molar-refractivity contribution in [1.29, 1.82) is 5.26 Å². The number of thioether (sulfide) groups is 2. The minimum absolute atomic E-state index is 0.0733. The molecule has 0 bridgehead atoms. The molecule has 0 saturated carbocycles. The summed E-state index contributed by atoms with van der Waals surface area (Å²) in [6.07, 6.45) is 1.07. The second kappa shape index (κ2) is 5.94. The van der Waals surface area contributed by atoms with Crippen molar-refractivity contribution >= 4 is 34.1 Å². The molecule has 1 heterocycles. The van der Waals surface area contributed by atoms with Crippen molar-refractivity contribution < 1.29 is 4.92 Å². The Kier molecular flexibility index (Phi) is 4.28. The van der Waals surface area contributed by atoms with Crippen molar-refractivity contribution in [2.75, 3.05) is 11.5 Å². The number of nitro benzene ring substituents is 1. The second-order valence-corrected chi connectivity index (χ2v) is 5.83. The van der Waals surface area contributed by atoms with E-state index in [4.69, 9.17) is 5.26 Å². The van der Waals surface area contributed by atoms with E-state index in [0.29, 0.717) is 4.91 Å². The average Bonchev–Trinajstić information content (AvgIpc) is 2.63. The van der Waals surface area contributed by atoms with Crippen LogP contribution in [0, 0.1) is 21.4 Å². The third-order valence-corrected chi connectivity index (χ3v) is 4.86. The molecule has 2 rings (SSSR count). The molecule has 0 spiro atoms. The maximum Gasteiger partial charge on any atom is 0.269 e. The van der Waals surface area contributed by atoms with Gasteiger partial charge in [0, 0.05) is 17.0 Å². The Morgan fingerprint density at radius 1 is 1.22 bits per heavy atom. The lowest BCUT2D eigenvalue weighted by Crippen LogP contribution is -1.89. The van der Waals surface area contributed by atoms with Gasteiger partial charge in [0.2, 0.25) is 0 Å². The number of benzene rings is 1. The first-order chi connectivity index (χ1) is 8.72. The molecule has 0 aliphatic carbocycles. The SMILES string of the molecule is N#CC1=C(c2ccc([N+](=O)[O-])cc2)SCCCS1. The smallest absolute Gasteiger partial charge is 0.258 e. The highest BCUT2D eigenvalue weighted by Gasteiger charge is 2.15. The number of nitro groups is 1. The molecule has 1 aromatic carbocycles. The van der Waals surface area contributed by atoms with E-state index in [1.165, 1.54) is 12.1 Å². The van der Waals surface area contributed by atoms with Gasteiger partial charge in [-0.15, -0.1) is 23.5 Å². The van der Waals surface area contributed by atoms with E-state index in [9.17, 15) is 10.1 Å². The van der Waals surface area contributed by atoms with E-state index in [0.717, 1.165) is 28.4 Å². The molecule has 1 aliphatic rings. The summed E-state index contributed by atoms with van der Waals surface area (Å²) in [6.45, 7) is 0. The van der Waals surface area contributed by atoms with Crippen LogP contribution >= 0.6 is 23.5 Å². The maximum atomic E-state index is 10.6. The number of hydrogen-bond donors (Lipinski definition) is 0. The second-order valence-electron chi connectivity index (χ2n) is 3.62. The van der Waals surface area contributed by atoms with Crippen molar-refractivity contribution in [2.45, 2.75) is 6.42 Å². The lowest BCUT2D eigenvalue weighted by atomic mass is 10.2. The first kappa shape index (κ1) is 13.0. The van der Waals surface area contributed by atoms with Gasteiger partial charge in [-0.25, -0.2) is 0 Å². The number of nitriles is 1. The van der Waals surface area contributed by atoms with Crippen LogP contribution in [-0.4, -0.2) is 16.4 Å². The van der Waals surface area contributed by atoms with Crippen LogP contribution in [0.15, 0.2) is 29.2 Å². The van der Waals surface area contributed by atoms with Crippen LogP contribution in [0.5, 0.6) is 0 Å². The highest BCUT2D eigenvalue weighted by Crippen LogP contribution is 2.39. The molecule has 4 nitrogen and oxygen atoms in total. The third kappa shape index (κ3) is 2.86. The molecule has 0 N–H and O–H groups in total. The van der Waals surface area contributed by atoms with Crippen LogP contribution in [0.3, 0.4) is 0 Å². The van der Waals surface area contributed by atoms with E-state index >= 15 is 0 Å². The lowest BCUT2D eigenvalue weighted by molar-refractivity contribution is -0.384. The van der Waals surface area contributed by atoms with E-state index < -0.39 is 4.92 Å². The Bertz CT molecular complexity index is 532. The molecule has 1 aromatic rings. The van der Waals surface area contributed by atoms with Gasteiger partial charge in [-0.3, -0.25) is 10.1 Å². The predicted octanol–water partition coefficient (Wildman–Crippen LogP) is 3.66. The van der Waals surface area contributed by atoms with E-state index in [1.54, 1.807) is 35.7 Å². The molecule has 0 fully saturated rings. The van der Waals surface area contributed by atoms with E-state index in [2.05, 4.69) is 6.07 Å². The van der Waals surface area contributed by atoms with Crippen molar-refractivity contribution in [3.05, 3.63) is 44.8 Å². The Hall–Kier alpha value is -1.45. The molecule has 92 valence electrons. The van der Waals surface area contributed by atoms with Crippen LogP contribution < -0.4 is 0 Å². The van der Waals surface area contributed by atoms with Gasteiger partial charge in [-0.2, -0.15) is 5.26 Å². The van der Waals surface area contributed by atoms with Crippen molar-refractivity contribution in [3.63, 3.8) is 0 Å². The zero-order valence-electron chi connectivity index (χ0n) is 9.46. The monoisotopic (exact) mass is 278 g/mol. The van der Waals surface area contributed by atoms with Gasteiger partial charge in [0.15, 0.2) is 0 Å². The Balaban J connectivity index is 2.37. The van der Waals surface area contributed by atoms with E-state index in [1.807, 2.05) is 0 Å². The van der Waals surface area contributed by atoms with Gasteiger partial charge in [-0.05, 0) is 35.6 Å². The van der Waals surface area contributed by atoms with Gasteiger partial charge in [0.25, 0.3) is 5.69 Å². The zero-order chi connectivity index (χ0) is 13.0. The normalized spacial score (nSPS) is 15.9. The zero-order valence-corrected chi connectivity index (χ0v) is 11.1. The molecule has 18 heavy (non-hydrogen) atoms. The van der Waals surface area contributed by atoms with Gasteiger partial charge >= 0.3 is 0 Å². The van der Waals surface area contributed by atoms with Crippen molar-refractivity contribution in [1.82, 2.24) is 0 Å². The molecule has 1 aliphatic heterocycles. The maximum absolute atomic E-state index is 10.6. The number of nitrogens with zero attached hydrogens (tertiary/aromatic N) is 2. The summed E-state index contributed by atoms with van der Waals surface area (Å²) in [5.74, 6) is 1.93. The minimum atomic E-state index is -0.418. The minimum Gasteiger partial charge on any atom is -0.258 e. The molecule has 0 unspecified atom stereocenters. The molecule has 0 radical (unpaired) electrons. The molecular formula is C12H10N2O2S2. The summed E-state index contributed by atoms with van der Waals surface area (Å²) in [4.78, 5) is 11.8. The summed E-state index contributed by atoms with van der Waals surface area (Å²) in [5, 5.41) is 19.7. The lowest BCUT2D eigenvalue weighted by Gasteiger charge is -2.06. The van der Waals surface area contributed by atoms with Gasteiger partial charge in [0.05, 0.1) is 9.83 Å². The molecular weight excluding hydrogens is 268 g/mol. The van der Waals surface area contributed by atoms with E-state index in [-0.39, 0.29) is 5.69 Å². The van der Waals surface area contributed by atoms with Crippen LogP contribution in [0.4, 0.5) is 5.69 Å². The first-order valence-corrected chi connectivity index (χ1v) is 7.34. The van der Waals surface area contributed by atoms with Crippen molar-refractivity contribution in [2.24, 2.45) is 0 Å².